The first kappa shape index (κ1) is 23.3. The first-order valence-electron chi connectivity index (χ1n) is 10.2. The van der Waals surface area contributed by atoms with Gasteiger partial charge >= 0.3 is 0 Å². The molecule has 6 nitrogen and oxygen atoms in total. The summed E-state index contributed by atoms with van der Waals surface area (Å²) in [5, 5.41) is -0.272. The van der Waals surface area contributed by atoms with Crippen LogP contribution < -0.4 is 5.73 Å². The molecule has 31 heavy (non-hydrogen) atoms. The molecule has 3 rings (SSSR count). The molecule has 2 heterocycles. The Balaban J connectivity index is 1.73. The number of nitrogens with zero attached hydrogens (tertiary/aromatic N) is 3. The van der Waals surface area contributed by atoms with Gasteiger partial charge in [0.1, 0.15) is 17.2 Å². The molecule has 9 heteroatoms. The van der Waals surface area contributed by atoms with Gasteiger partial charge in [-0.05, 0) is 44.4 Å². The molecule has 0 aliphatic carbocycles. The van der Waals surface area contributed by atoms with Crippen LogP contribution in [0.3, 0.4) is 0 Å². The first-order chi connectivity index (χ1) is 14.7. The molecule has 2 aromatic heterocycles. The minimum atomic E-state index is -1.55. The largest absolute Gasteiger partial charge is 0.383 e. The van der Waals surface area contributed by atoms with Gasteiger partial charge in [0.25, 0.3) is 0 Å². The molecule has 3 aromatic rings. The van der Waals surface area contributed by atoms with Crippen molar-refractivity contribution in [2.75, 3.05) is 19.5 Å². The number of nitrogens with two attached hydrogens (primary N) is 1. The highest BCUT2D eigenvalue weighted by Crippen LogP contribution is 2.29. The van der Waals surface area contributed by atoms with E-state index in [1.54, 1.807) is 13.4 Å². The smallest absolute Gasteiger partial charge is 0.151 e. The monoisotopic (exact) mass is 450 g/mol. The highest BCUT2D eigenvalue weighted by molar-refractivity contribution is 7.85. The number of halogens is 2. The molecule has 0 saturated carbocycles. The lowest BCUT2D eigenvalue weighted by Crippen LogP contribution is -2.17. The number of nitrogen functional groups attached to an aromatic ring is 1. The quantitative estimate of drug-likeness (QED) is 0.520. The number of hydrogen-bond donors (Lipinski definition) is 1. The standard InChI is InChI=1S/C22H28F2N4O2S/c1-13(31(29)19-9-8-16(23)10-18(19)24)6-5-7-17(11-30-4)28-12-26-20-21(28)14(2)15(3)27-22(20)25/h8-10,12-13,17H,5-7,11H2,1-4H3,(H2,25,27). The number of anilines is 1. The van der Waals surface area contributed by atoms with Gasteiger partial charge < -0.3 is 15.0 Å². The number of hydrogen-bond acceptors (Lipinski definition) is 5. The number of imidazole rings is 1. The number of fused-ring (bicyclic) bond motifs is 1. The number of methoxy groups -OCH3 is 1. The molecule has 0 aliphatic rings. The zero-order valence-electron chi connectivity index (χ0n) is 18.2. The van der Waals surface area contributed by atoms with E-state index < -0.39 is 22.4 Å². The summed E-state index contributed by atoms with van der Waals surface area (Å²) in [5.74, 6) is -1.05. The van der Waals surface area contributed by atoms with E-state index in [4.69, 9.17) is 10.5 Å². The molecule has 3 unspecified atom stereocenters. The third-order valence-electron chi connectivity index (χ3n) is 5.60. The van der Waals surface area contributed by atoms with E-state index in [2.05, 4.69) is 14.5 Å². The van der Waals surface area contributed by atoms with E-state index in [1.165, 1.54) is 6.07 Å². The fraction of sp³-hybridized carbons (Fsp3) is 0.455. The summed E-state index contributed by atoms with van der Waals surface area (Å²) < 4.78 is 47.3. The second-order valence-corrected chi connectivity index (χ2v) is 9.62. The summed E-state index contributed by atoms with van der Waals surface area (Å²) in [5.41, 5.74) is 9.54. The van der Waals surface area contributed by atoms with E-state index >= 15 is 0 Å². The Kier molecular flexibility index (Phi) is 7.38. The Morgan fingerprint density at radius 3 is 2.68 bits per heavy atom. The molecule has 168 valence electrons. The Morgan fingerprint density at radius 2 is 2.00 bits per heavy atom. The van der Waals surface area contributed by atoms with Gasteiger partial charge in [0, 0.05) is 24.1 Å². The molecule has 0 saturated heterocycles. The van der Waals surface area contributed by atoms with E-state index in [0.717, 1.165) is 41.7 Å². The maximum Gasteiger partial charge on any atom is 0.151 e. The Hall–Kier alpha value is -2.39. The molecule has 3 atom stereocenters. The lowest BCUT2D eigenvalue weighted by molar-refractivity contribution is 0.151. The summed E-state index contributed by atoms with van der Waals surface area (Å²) >= 11 is 0. The number of benzene rings is 1. The van der Waals surface area contributed by atoms with Crippen molar-refractivity contribution in [3.8, 4) is 0 Å². The van der Waals surface area contributed by atoms with Crippen LogP contribution in [0.1, 0.15) is 43.5 Å². The predicted molar refractivity (Wildman–Crippen MR) is 118 cm³/mol. The lowest BCUT2D eigenvalue weighted by Gasteiger charge is -2.21. The first-order valence-corrected chi connectivity index (χ1v) is 11.4. The van der Waals surface area contributed by atoms with Gasteiger partial charge in [0.15, 0.2) is 5.82 Å². The third kappa shape index (κ3) is 4.93. The molecule has 0 amide bonds. The number of rotatable bonds is 9. The van der Waals surface area contributed by atoms with Crippen LogP contribution in [-0.4, -0.2) is 37.7 Å². The van der Waals surface area contributed by atoms with E-state index in [0.29, 0.717) is 24.4 Å². The average Bonchev–Trinajstić information content (AvgIpc) is 3.16. The van der Waals surface area contributed by atoms with Crippen molar-refractivity contribution in [2.24, 2.45) is 0 Å². The summed E-state index contributed by atoms with van der Waals surface area (Å²) in [4.78, 5) is 8.84. The number of pyridine rings is 1. The van der Waals surface area contributed by atoms with Crippen molar-refractivity contribution in [3.05, 3.63) is 47.4 Å². The minimum Gasteiger partial charge on any atom is -0.383 e. The lowest BCUT2D eigenvalue weighted by atomic mass is 10.1. The van der Waals surface area contributed by atoms with E-state index in [9.17, 15) is 13.0 Å². The van der Waals surface area contributed by atoms with Crippen LogP contribution in [0.2, 0.25) is 0 Å². The minimum absolute atomic E-state index is 0.0121. The zero-order chi connectivity index (χ0) is 22.7. The van der Waals surface area contributed by atoms with Crippen molar-refractivity contribution in [1.29, 1.82) is 0 Å². The Labute approximate surface area is 183 Å². The van der Waals surface area contributed by atoms with Crippen molar-refractivity contribution in [3.63, 3.8) is 0 Å². The van der Waals surface area contributed by atoms with Crippen LogP contribution in [0.4, 0.5) is 14.6 Å². The molecule has 0 radical (unpaired) electrons. The molecular weight excluding hydrogens is 422 g/mol. The summed E-state index contributed by atoms with van der Waals surface area (Å²) in [6, 6.07) is 3.17. The molecule has 0 spiro atoms. The second kappa shape index (κ2) is 9.82. The van der Waals surface area contributed by atoms with Gasteiger partial charge in [-0.2, -0.15) is 0 Å². The average molecular weight is 451 g/mol. The molecule has 0 bridgehead atoms. The van der Waals surface area contributed by atoms with Gasteiger partial charge in [0.2, 0.25) is 0 Å². The molecule has 1 aromatic carbocycles. The van der Waals surface area contributed by atoms with Gasteiger partial charge in [-0.1, -0.05) is 13.3 Å². The SMILES string of the molecule is COCC(CCCC(C)S(=O)c1ccc(F)cc1F)n1cnc2c(N)nc(C)c(C)c21. The summed E-state index contributed by atoms with van der Waals surface area (Å²) in [7, 11) is 0.0958. The molecular formula is C22H28F2N4O2S. The number of aryl methyl sites for hydroxylation is 2. The third-order valence-corrected chi connectivity index (χ3v) is 7.33. The van der Waals surface area contributed by atoms with Gasteiger partial charge in [-0.15, -0.1) is 0 Å². The fourth-order valence-electron chi connectivity index (χ4n) is 3.78. The van der Waals surface area contributed by atoms with Crippen LogP contribution in [0, 0.1) is 25.5 Å². The van der Waals surface area contributed by atoms with Crippen molar-refractivity contribution in [2.45, 2.75) is 56.2 Å². The van der Waals surface area contributed by atoms with Crippen molar-refractivity contribution in [1.82, 2.24) is 14.5 Å². The predicted octanol–water partition coefficient (Wildman–Crippen LogP) is 4.46. The maximum absolute atomic E-state index is 14.0. The summed E-state index contributed by atoms with van der Waals surface area (Å²) in [6.45, 7) is 6.21. The van der Waals surface area contributed by atoms with Crippen molar-refractivity contribution >= 4 is 27.7 Å². The molecule has 0 fully saturated rings. The fourth-order valence-corrected chi connectivity index (χ4v) is 5.05. The summed E-state index contributed by atoms with van der Waals surface area (Å²) in [6.07, 6.45) is 3.89. The number of aromatic nitrogens is 3. The Bertz CT molecular complexity index is 1100. The van der Waals surface area contributed by atoms with Crippen LogP contribution >= 0.6 is 0 Å². The van der Waals surface area contributed by atoms with Gasteiger partial charge in [0.05, 0.1) is 40.2 Å². The van der Waals surface area contributed by atoms with Crippen LogP contribution in [0.15, 0.2) is 29.4 Å². The molecule has 0 aliphatic heterocycles. The van der Waals surface area contributed by atoms with Crippen molar-refractivity contribution < 1.29 is 17.7 Å². The Morgan fingerprint density at radius 1 is 1.26 bits per heavy atom. The topological polar surface area (TPSA) is 83.0 Å². The number of ether oxygens (including phenoxy) is 1. The highest BCUT2D eigenvalue weighted by atomic mass is 32.2. The van der Waals surface area contributed by atoms with Crippen LogP contribution in [-0.2, 0) is 15.5 Å². The van der Waals surface area contributed by atoms with Gasteiger partial charge in [-0.25, -0.2) is 18.7 Å². The van der Waals surface area contributed by atoms with Crippen LogP contribution in [0.5, 0.6) is 0 Å². The molecule has 2 N–H and O–H groups in total. The highest BCUT2D eigenvalue weighted by Gasteiger charge is 2.21. The van der Waals surface area contributed by atoms with E-state index in [1.807, 2.05) is 20.8 Å². The van der Waals surface area contributed by atoms with Gasteiger partial charge in [-0.3, -0.25) is 4.21 Å². The van der Waals surface area contributed by atoms with E-state index in [-0.39, 0.29) is 16.2 Å². The maximum atomic E-state index is 14.0. The normalized spacial score (nSPS) is 14.6. The van der Waals surface area contributed by atoms with Crippen LogP contribution in [0.25, 0.3) is 11.0 Å². The second-order valence-electron chi connectivity index (χ2n) is 7.78. The zero-order valence-corrected chi connectivity index (χ0v) is 19.0.